The molecule has 24 nitrogen and oxygen atoms in total. The second kappa shape index (κ2) is 19.2. The molecule has 1 unspecified atom stereocenters. The number of aliphatic hydroxyl groups excluding tert-OH is 1. The Morgan fingerprint density at radius 2 is 1.78 bits per heavy atom. The third-order valence-electron chi connectivity index (χ3n) is 9.19. The summed E-state index contributed by atoms with van der Waals surface area (Å²) in [5.74, 6) is -1.56. The predicted molar refractivity (Wildman–Crippen MR) is 214 cm³/mol. The number of carbonyl (C=O) groups is 2. The maximum absolute atomic E-state index is 13.9. The summed E-state index contributed by atoms with van der Waals surface area (Å²) >= 11 is 2.12. The van der Waals surface area contributed by atoms with Crippen LogP contribution in [0.1, 0.15) is 37.3 Å². The van der Waals surface area contributed by atoms with Crippen molar-refractivity contribution in [1.82, 2.24) is 34.4 Å². The number of phosphoric ester groups is 2. The molecule has 6 rings (SSSR count). The van der Waals surface area contributed by atoms with Crippen LogP contribution in [0.25, 0.3) is 11.2 Å². The number of amides is 1. The lowest BCUT2D eigenvalue weighted by Gasteiger charge is -2.25. The molecule has 60 heavy (non-hydrogen) atoms. The van der Waals surface area contributed by atoms with Gasteiger partial charge in [-0.1, -0.05) is 18.2 Å². The van der Waals surface area contributed by atoms with Gasteiger partial charge in [0.15, 0.2) is 23.8 Å². The Morgan fingerprint density at radius 1 is 1.05 bits per heavy atom. The SMILES string of the molecule is C=CCCC(=O)N[C@H](Cc1ccc(I)cc1)C(=O)O[C@H]1[C@@H](O)[C@H](n2cnc3c(N)ncnc32)O[C@H]1COP(=O)(O)O[C@H]1C[C@H](n2ccc(N)nc2=O)O[C@@H]1COP(=O)(O)O. The normalized spacial score (nSPS) is 24.5. The molecule has 9 N–H and O–H groups in total. The van der Waals surface area contributed by atoms with Gasteiger partial charge in [-0.25, -0.2) is 33.7 Å². The second-order valence-corrected chi connectivity index (χ2v) is 17.3. The van der Waals surface area contributed by atoms with Gasteiger partial charge in [0.1, 0.15) is 54.3 Å². The van der Waals surface area contributed by atoms with Crippen LogP contribution in [-0.4, -0.2) is 111 Å². The fourth-order valence-electron chi connectivity index (χ4n) is 6.37. The van der Waals surface area contributed by atoms with Crippen LogP contribution in [0.5, 0.6) is 0 Å². The zero-order valence-electron chi connectivity index (χ0n) is 31.2. The van der Waals surface area contributed by atoms with Crippen molar-refractivity contribution in [2.45, 2.75) is 74.7 Å². The van der Waals surface area contributed by atoms with Gasteiger partial charge in [0.25, 0.3) is 0 Å². The Bertz CT molecular complexity index is 2350. The van der Waals surface area contributed by atoms with Crippen LogP contribution in [0, 0.1) is 3.57 Å². The van der Waals surface area contributed by atoms with Gasteiger partial charge in [0.2, 0.25) is 5.91 Å². The number of nitrogens with one attached hydrogen (secondary N) is 1. The smallest absolute Gasteiger partial charge is 0.455 e. The number of carbonyl (C=O) groups excluding carboxylic acids is 2. The summed E-state index contributed by atoms with van der Waals surface area (Å²) in [5, 5.41) is 14.3. The predicted octanol–water partition coefficient (Wildman–Crippen LogP) is 0.615. The number of ether oxygens (including phenoxy) is 3. The van der Waals surface area contributed by atoms with E-state index in [0.717, 1.165) is 14.5 Å². The Labute approximate surface area is 353 Å². The van der Waals surface area contributed by atoms with Crippen molar-refractivity contribution in [2.24, 2.45) is 0 Å². The highest BCUT2D eigenvalue weighted by Crippen LogP contribution is 2.50. The minimum atomic E-state index is -5.22. The molecule has 0 spiro atoms. The molecule has 9 atom stereocenters. The van der Waals surface area contributed by atoms with Gasteiger partial charge in [0.05, 0.1) is 19.5 Å². The van der Waals surface area contributed by atoms with E-state index < -0.39 is 95.4 Å². The number of aromatic nitrogens is 6. The number of nitrogens with two attached hydrogens (primary N) is 2. The van der Waals surface area contributed by atoms with Crippen molar-refractivity contribution in [3.05, 3.63) is 81.5 Å². The van der Waals surface area contributed by atoms with Crippen molar-refractivity contribution in [3.63, 3.8) is 0 Å². The number of nitrogen functional groups attached to an aromatic ring is 2. The summed E-state index contributed by atoms with van der Waals surface area (Å²) in [5.41, 5.74) is 11.6. The van der Waals surface area contributed by atoms with Gasteiger partial charge in [-0.15, -0.1) is 6.58 Å². The van der Waals surface area contributed by atoms with E-state index in [1.807, 2.05) is 12.1 Å². The molecule has 0 aliphatic carbocycles. The molecule has 4 aromatic rings. The van der Waals surface area contributed by atoms with Gasteiger partial charge in [-0.05, 0) is 52.8 Å². The second-order valence-electron chi connectivity index (χ2n) is 13.4. The Morgan fingerprint density at radius 3 is 2.48 bits per heavy atom. The largest absolute Gasteiger partial charge is 0.472 e. The van der Waals surface area contributed by atoms with Gasteiger partial charge in [0, 0.05) is 29.0 Å². The molecule has 0 bridgehead atoms. The molecule has 5 heterocycles. The molecule has 2 aliphatic rings. The molecule has 1 amide bonds. The number of phosphoric acid groups is 2. The van der Waals surface area contributed by atoms with Crippen molar-refractivity contribution in [2.75, 3.05) is 24.7 Å². The zero-order valence-corrected chi connectivity index (χ0v) is 35.1. The third kappa shape index (κ3) is 11.4. The van der Waals surface area contributed by atoms with E-state index in [1.54, 1.807) is 12.1 Å². The van der Waals surface area contributed by atoms with Gasteiger partial charge in [-0.2, -0.15) is 4.98 Å². The van der Waals surface area contributed by atoms with Gasteiger partial charge < -0.3 is 50.8 Å². The molecule has 0 radical (unpaired) electrons. The fourth-order valence-corrected chi connectivity index (χ4v) is 8.03. The summed E-state index contributed by atoms with van der Waals surface area (Å²) in [6.45, 7) is 1.89. The minimum Gasteiger partial charge on any atom is -0.455 e. The number of halogens is 1. The number of hydrogen-bond acceptors (Lipinski definition) is 18. The number of nitrogens with zero attached hydrogens (tertiary/aromatic N) is 6. The summed E-state index contributed by atoms with van der Waals surface area (Å²) < 4.78 is 61.1. The first-order valence-electron chi connectivity index (χ1n) is 17.9. The van der Waals surface area contributed by atoms with E-state index in [-0.39, 0.29) is 42.1 Å². The molecule has 2 aliphatic heterocycles. The number of hydrogen-bond donors (Lipinski definition) is 7. The van der Waals surface area contributed by atoms with Crippen molar-refractivity contribution >= 4 is 72.9 Å². The number of fused-ring (bicyclic) bond motifs is 1. The number of benzene rings is 1. The van der Waals surface area contributed by atoms with E-state index in [9.17, 15) is 43.3 Å². The minimum absolute atomic E-state index is 0.0121. The van der Waals surface area contributed by atoms with Crippen LogP contribution in [0.2, 0.25) is 0 Å². The summed E-state index contributed by atoms with van der Waals surface area (Å²) in [7, 11) is -10.3. The molecule has 27 heteroatoms. The molecule has 2 saturated heterocycles. The fraction of sp³-hybridized carbons (Fsp3) is 0.424. The lowest BCUT2D eigenvalue weighted by atomic mass is 10.0. The average Bonchev–Trinajstić information content (AvgIpc) is 3.88. The molecular weight excluding hydrogens is 951 g/mol. The van der Waals surface area contributed by atoms with Crippen molar-refractivity contribution in [1.29, 1.82) is 0 Å². The quantitative estimate of drug-likeness (QED) is 0.0311. The van der Waals surface area contributed by atoms with E-state index in [4.69, 9.17) is 34.7 Å². The lowest BCUT2D eigenvalue weighted by Crippen LogP contribution is -2.47. The van der Waals surface area contributed by atoms with Crippen LogP contribution >= 0.6 is 38.2 Å². The van der Waals surface area contributed by atoms with Crippen molar-refractivity contribution < 1.29 is 66.3 Å². The van der Waals surface area contributed by atoms with Crippen LogP contribution in [0.3, 0.4) is 0 Å². The third-order valence-corrected chi connectivity index (χ3v) is 11.4. The first-order chi connectivity index (χ1) is 28.4. The Hall–Kier alpha value is -4.24. The maximum Gasteiger partial charge on any atom is 0.472 e. The highest BCUT2D eigenvalue weighted by molar-refractivity contribution is 14.1. The van der Waals surface area contributed by atoms with Crippen molar-refractivity contribution in [3.8, 4) is 0 Å². The number of imidazole rings is 1. The molecule has 2 fully saturated rings. The Kier molecular flexibility index (Phi) is 14.5. The molecule has 1 aromatic carbocycles. The topological polar surface area (TPSA) is 347 Å². The molecule has 0 saturated carbocycles. The first kappa shape index (κ1) is 45.3. The highest BCUT2D eigenvalue weighted by Gasteiger charge is 2.50. The zero-order chi connectivity index (χ0) is 43.4. The van der Waals surface area contributed by atoms with Crippen LogP contribution < -0.4 is 22.5 Å². The van der Waals surface area contributed by atoms with Crippen LogP contribution in [0.15, 0.2) is 66.6 Å². The van der Waals surface area contributed by atoms with E-state index >= 15 is 0 Å². The van der Waals surface area contributed by atoms with Gasteiger partial charge >= 0.3 is 27.3 Å². The summed E-state index contributed by atoms with van der Waals surface area (Å²) in [6, 6.07) is 7.16. The number of rotatable bonds is 18. The molecule has 324 valence electrons. The first-order valence-corrected chi connectivity index (χ1v) is 22.0. The summed E-state index contributed by atoms with van der Waals surface area (Å²) in [6.07, 6.45) is -5.23. The Balaban J connectivity index is 1.24. The van der Waals surface area contributed by atoms with E-state index in [1.165, 1.54) is 29.2 Å². The van der Waals surface area contributed by atoms with E-state index in [2.05, 4.69) is 58.9 Å². The number of esters is 1. The van der Waals surface area contributed by atoms with Crippen LogP contribution in [-0.2, 0) is 52.9 Å². The standard InChI is InChI=1S/C33H40IN9O15P2/c1-2-3-4-24(44)40-19(11-17-5-7-18(34)8-6-17)32(46)57-28-22(56-31(27(28)45)43-16-39-26-29(36)37-15-38-30(26)43)14-54-60(51,52)58-20-12-25(42-10-9-23(35)41-33(42)47)55-21(20)13-53-59(48,49)50/h2,5-10,15-16,19-22,25,27-28,31,45H,1,3-4,11-14H2,(H,40,44)(H,51,52)(H2,35,41,47)(H2,36,37,38)(H2,48,49,50)/t19-,20+,21-,22+,25-,27-,28-,31-/m1/s1. The maximum atomic E-state index is 13.9. The number of anilines is 2. The molecule has 3 aromatic heterocycles. The lowest BCUT2D eigenvalue weighted by molar-refractivity contribution is -0.160. The number of aliphatic hydroxyl groups is 1. The summed E-state index contributed by atoms with van der Waals surface area (Å²) in [4.78, 5) is 84.7. The van der Waals surface area contributed by atoms with E-state index in [0.29, 0.717) is 12.0 Å². The number of allylic oxidation sites excluding steroid dienone is 1. The molecular formula is C33H40IN9O15P2. The van der Waals surface area contributed by atoms with Gasteiger partial charge in [-0.3, -0.25) is 27.5 Å². The monoisotopic (exact) mass is 991 g/mol. The average molecular weight is 992 g/mol. The van der Waals surface area contributed by atoms with Crippen LogP contribution in [0.4, 0.5) is 11.6 Å². The highest BCUT2D eigenvalue weighted by atomic mass is 127.